The van der Waals surface area contributed by atoms with Crippen molar-refractivity contribution in [3.8, 4) is 0 Å². The van der Waals surface area contributed by atoms with Gasteiger partial charge in [0.15, 0.2) is 0 Å². The molecule has 2 rings (SSSR count). The van der Waals surface area contributed by atoms with Gasteiger partial charge >= 0.3 is 5.97 Å². The Bertz CT molecular complexity index is 495. The van der Waals surface area contributed by atoms with Crippen molar-refractivity contribution < 1.29 is 9.53 Å². The van der Waals surface area contributed by atoms with Gasteiger partial charge in [0, 0.05) is 5.69 Å². The van der Waals surface area contributed by atoms with Gasteiger partial charge < -0.3 is 10.5 Å². The number of carbonyl (C=O) groups is 1. The van der Waals surface area contributed by atoms with E-state index in [1.807, 2.05) is 11.6 Å². The Morgan fingerprint density at radius 1 is 1.47 bits per heavy atom. The Kier molecular flexibility index (Phi) is 3.67. The lowest BCUT2D eigenvalue weighted by Crippen LogP contribution is -2.52. The van der Waals surface area contributed by atoms with Crippen LogP contribution in [0.2, 0.25) is 0 Å². The monoisotopic (exact) mass is 265 g/mol. The van der Waals surface area contributed by atoms with Gasteiger partial charge in [-0.15, -0.1) is 0 Å². The van der Waals surface area contributed by atoms with Crippen molar-refractivity contribution in [2.75, 3.05) is 7.11 Å². The van der Waals surface area contributed by atoms with E-state index in [1.165, 1.54) is 12.7 Å². The lowest BCUT2D eigenvalue weighted by atomic mass is 9.79. The zero-order valence-corrected chi connectivity index (χ0v) is 12.2. The van der Waals surface area contributed by atoms with Gasteiger partial charge in [-0.1, -0.05) is 0 Å². The molecule has 1 aromatic heterocycles. The Morgan fingerprint density at radius 3 is 2.68 bits per heavy atom. The highest BCUT2D eigenvalue weighted by Crippen LogP contribution is 2.35. The Balaban J connectivity index is 2.26. The van der Waals surface area contributed by atoms with E-state index < -0.39 is 5.54 Å². The number of rotatable bonds is 2. The summed E-state index contributed by atoms with van der Waals surface area (Å²) in [4.78, 5) is 11.8. The number of aryl methyl sites for hydroxylation is 1. The largest absolute Gasteiger partial charge is 0.468 e. The SMILES string of the molecule is COC(=O)C1(N)CCCC(n2nc(C)c(C)c2C)C1. The van der Waals surface area contributed by atoms with Crippen LogP contribution < -0.4 is 5.73 Å². The zero-order chi connectivity index (χ0) is 14.2. The maximum absolute atomic E-state index is 11.8. The summed E-state index contributed by atoms with van der Waals surface area (Å²) in [5.41, 5.74) is 8.78. The first-order valence-corrected chi connectivity index (χ1v) is 6.78. The van der Waals surface area contributed by atoms with Crippen LogP contribution in [0.5, 0.6) is 0 Å². The van der Waals surface area contributed by atoms with Crippen molar-refractivity contribution in [3.05, 3.63) is 17.0 Å². The third-order valence-corrected chi connectivity index (χ3v) is 4.38. The summed E-state index contributed by atoms with van der Waals surface area (Å²) in [6, 6.07) is 0.185. The number of carbonyl (C=O) groups excluding carboxylic acids is 1. The summed E-state index contributed by atoms with van der Waals surface area (Å²) in [7, 11) is 1.40. The standard InChI is InChI=1S/C14H23N3O2/c1-9-10(2)16-17(11(9)3)12-6-5-7-14(15,8-12)13(18)19-4/h12H,5-8,15H2,1-4H3. The minimum Gasteiger partial charge on any atom is -0.468 e. The van der Waals surface area contributed by atoms with Crippen LogP contribution in [0.4, 0.5) is 0 Å². The van der Waals surface area contributed by atoms with E-state index in [1.54, 1.807) is 0 Å². The molecule has 1 fully saturated rings. The molecule has 0 radical (unpaired) electrons. The summed E-state index contributed by atoms with van der Waals surface area (Å²) >= 11 is 0. The van der Waals surface area contributed by atoms with Crippen LogP contribution in [0.15, 0.2) is 0 Å². The molecule has 0 aromatic carbocycles. The molecule has 5 heteroatoms. The maximum atomic E-state index is 11.8. The lowest BCUT2D eigenvalue weighted by molar-refractivity contribution is -0.149. The molecule has 2 unspecified atom stereocenters. The van der Waals surface area contributed by atoms with Gasteiger partial charge in [0.05, 0.1) is 18.8 Å². The number of esters is 1. The smallest absolute Gasteiger partial charge is 0.325 e. The number of ether oxygens (including phenoxy) is 1. The summed E-state index contributed by atoms with van der Waals surface area (Å²) in [5, 5.41) is 4.59. The molecule has 0 aliphatic heterocycles. The van der Waals surface area contributed by atoms with Crippen LogP contribution in [0, 0.1) is 20.8 Å². The molecule has 1 aromatic rings. The Morgan fingerprint density at radius 2 is 2.16 bits per heavy atom. The average molecular weight is 265 g/mol. The van der Waals surface area contributed by atoms with Crippen LogP contribution in [0.3, 0.4) is 0 Å². The number of aromatic nitrogens is 2. The van der Waals surface area contributed by atoms with Crippen LogP contribution >= 0.6 is 0 Å². The molecule has 2 N–H and O–H groups in total. The molecular formula is C14H23N3O2. The number of hydrogen-bond acceptors (Lipinski definition) is 4. The van der Waals surface area contributed by atoms with E-state index in [-0.39, 0.29) is 12.0 Å². The molecule has 2 atom stereocenters. The van der Waals surface area contributed by atoms with E-state index in [0.717, 1.165) is 24.2 Å². The molecule has 0 saturated heterocycles. The highest BCUT2D eigenvalue weighted by Gasteiger charge is 2.41. The van der Waals surface area contributed by atoms with Gasteiger partial charge in [0.25, 0.3) is 0 Å². The highest BCUT2D eigenvalue weighted by atomic mass is 16.5. The maximum Gasteiger partial charge on any atom is 0.325 e. The lowest BCUT2D eigenvalue weighted by Gasteiger charge is -2.36. The molecule has 1 aliphatic rings. The fraction of sp³-hybridized carbons (Fsp3) is 0.714. The zero-order valence-electron chi connectivity index (χ0n) is 12.2. The predicted octanol–water partition coefficient (Wildman–Crippen LogP) is 1.79. The van der Waals surface area contributed by atoms with Crippen LogP contribution in [-0.2, 0) is 9.53 Å². The van der Waals surface area contributed by atoms with Crippen LogP contribution in [-0.4, -0.2) is 28.4 Å². The molecule has 0 spiro atoms. The van der Waals surface area contributed by atoms with Crippen LogP contribution in [0.25, 0.3) is 0 Å². The van der Waals surface area contributed by atoms with Crippen molar-refractivity contribution in [3.63, 3.8) is 0 Å². The van der Waals surface area contributed by atoms with E-state index in [0.29, 0.717) is 12.8 Å². The van der Waals surface area contributed by atoms with E-state index in [2.05, 4.69) is 18.9 Å². The van der Waals surface area contributed by atoms with Crippen molar-refractivity contribution in [2.45, 2.75) is 58.0 Å². The van der Waals surface area contributed by atoms with Gasteiger partial charge in [-0.2, -0.15) is 5.10 Å². The highest BCUT2D eigenvalue weighted by molar-refractivity contribution is 5.80. The Hall–Kier alpha value is -1.36. The van der Waals surface area contributed by atoms with E-state index in [4.69, 9.17) is 10.5 Å². The van der Waals surface area contributed by atoms with Crippen molar-refractivity contribution in [1.82, 2.24) is 9.78 Å². The van der Waals surface area contributed by atoms with Gasteiger partial charge in [-0.05, 0) is 52.0 Å². The number of hydrogen-bond donors (Lipinski definition) is 1. The molecule has 19 heavy (non-hydrogen) atoms. The summed E-state index contributed by atoms with van der Waals surface area (Å²) in [6.07, 6.45) is 3.22. The molecule has 1 aliphatic carbocycles. The van der Waals surface area contributed by atoms with Gasteiger partial charge in [0.2, 0.25) is 0 Å². The first-order valence-electron chi connectivity index (χ1n) is 6.78. The van der Waals surface area contributed by atoms with E-state index >= 15 is 0 Å². The number of methoxy groups -OCH3 is 1. The van der Waals surface area contributed by atoms with Gasteiger partial charge in [-0.3, -0.25) is 9.48 Å². The molecule has 106 valence electrons. The van der Waals surface area contributed by atoms with Gasteiger partial charge in [-0.25, -0.2) is 0 Å². The van der Waals surface area contributed by atoms with Crippen molar-refractivity contribution in [2.24, 2.45) is 5.73 Å². The third kappa shape index (κ3) is 2.39. The quantitative estimate of drug-likeness (QED) is 0.828. The fourth-order valence-corrected chi connectivity index (χ4v) is 2.98. The Labute approximate surface area is 114 Å². The third-order valence-electron chi connectivity index (χ3n) is 4.38. The summed E-state index contributed by atoms with van der Waals surface area (Å²) < 4.78 is 6.88. The van der Waals surface area contributed by atoms with E-state index in [9.17, 15) is 4.79 Å². The topological polar surface area (TPSA) is 70.1 Å². The van der Waals surface area contributed by atoms with Crippen molar-refractivity contribution in [1.29, 1.82) is 0 Å². The second-order valence-electron chi connectivity index (χ2n) is 5.64. The predicted molar refractivity (Wildman–Crippen MR) is 72.9 cm³/mol. The number of nitrogens with zero attached hydrogens (tertiary/aromatic N) is 2. The minimum atomic E-state index is -0.863. The summed E-state index contributed by atoms with van der Waals surface area (Å²) in [5.74, 6) is -0.310. The first-order chi connectivity index (χ1) is 8.89. The second kappa shape index (κ2) is 4.96. The molecule has 1 saturated carbocycles. The molecule has 0 bridgehead atoms. The molecular weight excluding hydrogens is 242 g/mol. The van der Waals surface area contributed by atoms with Crippen molar-refractivity contribution >= 4 is 5.97 Å². The second-order valence-corrected chi connectivity index (χ2v) is 5.64. The molecule has 1 heterocycles. The number of nitrogens with two attached hydrogens (primary N) is 1. The normalized spacial score (nSPS) is 27.3. The van der Waals surface area contributed by atoms with Gasteiger partial charge in [0.1, 0.15) is 5.54 Å². The first kappa shape index (κ1) is 14.1. The molecule has 5 nitrogen and oxygen atoms in total. The molecule has 0 amide bonds. The fourth-order valence-electron chi connectivity index (χ4n) is 2.98. The average Bonchev–Trinajstić information content (AvgIpc) is 2.65. The summed E-state index contributed by atoms with van der Waals surface area (Å²) in [6.45, 7) is 6.16. The van der Waals surface area contributed by atoms with Crippen LogP contribution in [0.1, 0.15) is 48.7 Å². The minimum absolute atomic E-state index is 0.185.